The fraction of sp³-hybridized carbons (Fsp3) is 0.500. The van der Waals surface area contributed by atoms with E-state index in [-0.39, 0.29) is 23.9 Å². The number of carbonyl (C=O) groups is 1. The molecule has 3 atom stereocenters. The molecule has 0 aliphatic carbocycles. The maximum Gasteiger partial charge on any atom is 0.225 e. The average Bonchev–Trinajstić information content (AvgIpc) is 3.05. The van der Waals surface area contributed by atoms with Gasteiger partial charge in [-0.15, -0.1) is 0 Å². The summed E-state index contributed by atoms with van der Waals surface area (Å²) in [6.45, 7) is 4.78. The van der Waals surface area contributed by atoms with E-state index in [1.54, 1.807) is 0 Å². The summed E-state index contributed by atoms with van der Waals surface area (Å²) in [5.41, 5.74) is 7.24. The molecule has 24 heavy (non-hydrogen) atoms. The lowest BCUT2D eigenvalue weighted by atomic mass is 9.94. The van der Waals surface area contributed by atoms with Crippen LogP contribution in [0.2, 0.25) is 0 Å². The van der Waals surface area contributed by atoms with E-state index in [9.17, 15) is 4.79 Å². The molecule has 1 aliphatic rings. The lowest BCUT2D eigenvalue weighted by Crippen LogP contribution is -2.39. The average molecular weight is 327 g/mol. The minimum Gasteiger partial charge on any atom is -0.346 e. The molecule has 3 rings (SSSR count). The first-order valence-electron chi connectivity index (χ1n) is 8.64. The van der Waals surface area contributed by atoms with E-state index < -0.39 is 0 Å². The number of nitrogens with two attached hydrogens (primary N) is 1. The van der Waals surface area contributed by atoms with Crippen molar-refractivity contribution in [3.8, 4) is 0 Å². The van der Waals surface area contributed by atoms with Crippen LogP contribution >= 0.6 is 0 Å². The Morgan fingerprint density at radius 2 is 2.17 bits per heavy atom. The normalized spacial score (nSPS) is 19.4. The van der Waals surface area contributed by atoms with Crippen LogP contribution in [0.4, 0.5) is 0 Å². The third-order valence-corrected chi connectivity index (χ3v) is 4.69. The quantitative estimate of drug-likeness (QED) is 0.881. The molecule has 1 amide bonds. The Morgan fingerprint density at radius 3 is 2.88 bits per heavy atom. The lowest BCUT2D eigenvalue weighted by Gasteiger charge is -2.26. The van der Waals surface area contributed by atoms with E-state index in [4.69, 9.17) is 5.73 Å². The predicted octanol–water partition coefficient (Wildman–Crippen LogP) is 2.13. The van der Waals surface area contributed by atoms with Gasteiger partial charge in [0.1, 0.15) is 5.82 Å². The molecule has 2 aromatic rings. The van der Waals surface area contributed by atoms with Gasteiger partial charge in [-0.1, -0.05) is 44.2 Å². The lowest BCUT2D eigenvalue weighted by molar-refractivity contribution is -0.126. The molecule has 0 radical (unpaired) electrons. The van der Waals surface area contributed by atoms with E-state index in [0.717, 1.165) is 43.0 Å². The highest BCUT2D eigenvalue weighted by molar-refractivity contribution is 5.79. The standard InChI is InChI=1S/C18H25N5O/c1-3-15-21-17-14(10-7-11-23(17)22-15)20-18(24)12(2)16(19)13-8-5-4-6-9-13/h4-6,8-9,12,14,16H,3,7,10-11,19H2,1-2H3,(H,20,24). The Morgan fingerprint density at radius 1 is 1.42 bits per heavy atom. The topological polar surface area (TPSA) is 85.8 Å². The van der Waals surface area contributed by atoms with Crippen molar-refractivity contribution in [2.45, 2.75) is 51.7 Å². The van der Waals surface area contributed by atoms with E-state index in [0.29, 0.717) is 0 Å². The molecule has 2 heterocycles. The second kappa shape index (κ2) is 7.13. The molecule has 0 spiro atoms. The van der Waals surface area contributed by atoms with E-state index >= 15 is 0 Å². The largest absolute Gasteiger partial charge is 0.346 e. The molecule has 6 heteroatoms. The minimum atomic E-state index is -0.320. The highest BCUT2D eigenvalue weighted by Gasteiger charge is 2.29. The number of aromatic nitrogens is 3. The first-order chi connectivity index (χ1) is 11.6. The fourth-order valence-electron chi connectivity index (χ4n) is 3.12. The van der Waals surface area contributed by atoms with Crippen LogP contribution in [0, 0.1) is 5.92 Å². The number of nitrogens with zero attached hydrogens (tertiary/aromatic N) is 3. The molecule has 0 bridgehead atoms. The van der Waals surface area contributed by atoms with Crippen molar-refractivity contribution in [3.63, 3.8) is 0 Å². The summed E-state index contributed by atoms with van der Waals surface area (Å²) in [6.07, 6.45) is 2.68. The number of hydrogen-bond donors (Lipinski definition) is 2. The molecule has 6 nitrogen and oxygen atoms in total. The number of hydrogen-bond acceptors (Lipinski definition) is 4. The maximum atomic E-state index is 12.7. The van der Waals surface area contributed by atoms with Crippen LogP contribution < -0.4 is 11.1 Å². The van der Waals surface area contributed by atoms with Gasteiger partial charge in [0.05, 0.1) is 12.0 Å². The molecule has 1 aromatic carbocycles. The third kappa shape index (κ3) is 3.33. The monoisotopic (exact) mass is 327 g/mol. The van der Waals surface area contributed by atoms with Crippen molar-refractivity contribution in [3.05, 3.63) is 47.5 Å². The van der Waals surface area contributed by atoms with Crippen LogP contribution in [0.1, 0.15) is 56.0 Å². The first kappa shape index (κ1) is 16.6. The van der Waals surface area contributed by atoms with Crippen molar-refractivity contribution < 1.29 is 4.79 Å². The molecular formula is C18H25N5O. The number of aryl methyl sites for hydroxylation is 2. The summed E-state index contributed by atoms with van der Waals surface area (Å²) in [7, 11) is 0. The zero-order valence-corrected chi connectivity index (χ0v) is 14.3. The van der Waals surface area contributed by atoms with Crippen molar-refractivity contribution in [1.29, 1.82) is 0 Å². The number of carbonyl (C=O) groups excluding carboxylic acids is 1. The second-order valence-electron chi connectivity index (χ2n) is 6.39. The fourth-order valence-corrected chi connectivity index (χ4v) is 3.12. The number of fused-ring (bicyclic) bond motifs is 1. The van der Waals surface area contributed by atoms with E-state index in [2.05, 4.69) is 15.4 Å². The van der Waals surface area contributed by atoms with Gasteiger partial charge in [0.15, 0.2) is 5.82 Å². The molecule has 0 saturated heterocycles. The summed E-state index contributed by atoms with van der Waals surface area (Å²) < 4.78 is 1.93. The SMILES string of the molecule is CCc1nc2n(n1)CCCC2NC(=O)C(C)C(N)c1ccccc1. The number of nitrogens with one attached hydrogen (secondary N) is 1. The zero-order valence-electron chi connectivity index (χ0n) is 14.3. The Labute approximate surface area is 142 Å². The molecule has 1 aromatic heterocycles. The highest BCUT2D eigenvalue weighted by atomic mass is 16.2. The summed E-state index contributed by atoms with van der Waals surface area (Å²) in [6, 6.07) is 9.34. The van der Waals surface area contributed by atoms with Gasteiger partial charge in [-0.25, -0.2) is 9.67 Å². The predicted molar refractivity (Wildman–Crippen MR) is 92.1 cm³/mol. The zero-order chi connectivity index (χ0) is 17.1. The van der Waals surface area contributed by atoms with Crippen LogP contribution in [-0.2, 0) is 17.8 Å². The van der Waals surface area contributed by atoms with E-state index in [1.165, 1.54) is 0 Å². The summed E-state index contributed by atoms with van der Waals surface area (Å²) >= 11 is 0. The maximum absolute atomic E-state index is 12.7. The Bertz CT molecular complexity index is 697. The molecule has 1 aliphatic heterocycles. The second-order valence-corrected chi connectivity index (χ2v) is 6.39. The summed E-state index contributed by atoms with van der Waals surface area (Å²) in [4.78, 5) is 17.2. The van der Waals surface area contributed by atoms with Crippen molar-refractivity contribution in [2.24, 2.45) is 11.7 Å². The Balaban J connectivity index is 1.70. The van der Waals surface area contributed by atoms with Crippen LogP contribution in [0.25, 0.3) is 0 Å². The number of rotatable bonds is 5. The molecular weight excluding hydrogens is 302 g/mol. The smallest absolute Gasteiger partial charge is 0.225 e. The van der Waals surface area contributed by atoms with Gasteiger partial charge in [-0.05, 0) is 18.4 Å². The number of benzene rings is 1. The van der Waals surface area contributed by atoms with Crippen molar-refractivity contribution >= 4 is 5.91 Å². The van der Waals surface area contributed by atoms with Crippen molar-refractivity contribution in [2.75, 3.05) is 0 Å². The van der Waals surface area contributed by atoms with Gasteiger partial charge < -0.3 is 11.1 Å². The van der Waals surface area contributed by atoms with Gasteiger partial charge in [0.2, 0.25) is 5.91 Å². The first-order valence-corrected chi connectivity index (χ1v) is 8.64. The van der Waals surface area contributed by atoms with Gasteiger partial charge in [-0.3, -0.25) is 4.79 Å². The van der Waals surface area contributed by atoms with Crippen LogP contribution in [0.3, 0.4) is 0 Å². The summed E-state index contributed by atoms with van der Waals surface area (Å²) in [5, 5.41) is 7.60. The molecule has 0 saturated carbocycles. The van der Waals surface area contributed by atoms with Crippen LogP contribution in [-0.4, -0.2) is 20.7 Å². The number of amides is 1. The summed E-state index contributed by atoms with van der Waals surface area (Å²) in [5.74, 6) is 1.36. The van der Waals surface area contributed by atoms with E-state index in [1.807, 2.05) is 48.9 Å². The molecule has 0 fully saturated rings. The molecule has 3 N–H and O–H groups in total. The van der Waals surface area contributed by atoms with Crippen LogP contribution in [0.15, 0.2) is 30.3 Å². The highest BCUT2D eigenvalue weighted by Crippen LogP contribution is 2.25. The van der Waals surface area contributed by atoms with Gasteiger partial charge >= 0.3 is 0 Å². The third-order valence-electron chi connectivity index (χ3n) is 4.69. The van der Waals surface area contributed by atoms with Gasteiger partial charge in [-0.2, -0.15) is 5.10 Å². The molecule has 128 valence electrons. The Hall–Kier alpha value is -2.21. The molecule has 3 unspecified atom stereocenters. The van der Waals surface area contributed by atoms with Crippen LogP contribution in [0.5, 0.6) is 0 Å². The Kier molecular flexibility index (Phi) is 4.94. The van der Waals surface area contributed by atoms with Gasteiger partial charge in [0, 0.05) is 19.0 Å². The minimum absolute atomic E-state index is 0.0362. The van der Waals surface area contributed by atoms with Gasteiger partial charge in [0.25, 0.3) is 0 Å². The van der Waals surface area contributed by atoms with Crippen molar-refractivity contribution in [1.82, 2.24) is 20.1 Å².